The van der Waals surface area contributed by atoms with Crippen LogP contribution in [0.25, 0.3) is 0 Å². The maximum absolute atomic E-state index is 11.6. The Bertz CT molecular complexity index is 494. The van der Waals surface area contributed by atoms with Crippen LogP contribution in [0.5, 0.6) is 0 Å². The van der Waals surface area contributed by atoms with Crippen LogP contribution in [0.1, 0.15) is 34.1 Å². The summed E-state index contributed by atoms with van der Waals surface area (Å²) in [4.78, 5) is 19.6. The van der Waals surface area contributed by atoms with E-state index in [-0.39, 0.29) is 11.3 Å². The van der Waals surface area contributed by atoms with Crippen LogP contribution in [0.3, 0.4) is 0 Å². The molecule has 0 saturated carbocycles. The van der Waals surface area contributed by atoms with Crippen molar-refractivity contribution in [1.29, 1.82) is 0 Å². The van der Waals surface area contributed by atoms with Gasteiger partial charge in [-0.15, -0.1) is 0 Å². The molecule has 1 unspecified atom stereocenters. The molecule has 0 aliphatic rings. The second-order valence-corrected chi connectivity index (χ2v) is 6.66. The molecule has 0 spiro atoms. The molecule has 8 heteroatoms. The largest absolute Gasteiger partial charge is 0.444 e. The molecule has 0 aromatic carbocycles. The van der Waals surface area contributed by atoms with Crippen molar-refractivity contribution < 1.29 is 9.53 Å². The summed E-state index contributed by atoms with van der Waals surface area (Å²) >= 11 is 9.12. The van der Waals surface area contributed by atoms with Crippen molar-refractivity contribution in [2.24, 2.45) is 0 Å². The normalized spacial score (nSPS) is 12.7. The number of carbonyl (C=O) groups excluding carboxylic acids is 1. The van der Waals surface area contributed by atoms with Gasteiger partial charge in [-0.3, -0.25) is 0 Å². The summed E-state index contributed by atoms with van der Waals surface area (Å²) in [5, 5.41) is 6.10. The molecule has 1 rings (SSSR count). The van der Waals surface area contributed by atoms with Gasteiger partial charge in [0.05, 0.1) is 4.47 Å². The number of amides is 1. The van der Waals surface area contributed by atoms with Crippen LogP contribution in [0.15, 0.2) is 10.7 Å². The van der Waals surface area contributed by atoms with Crippen molar-refractivity contribution in [2.45, 2.75) is 45.8 Å². The van der Waals surface area contributed by atoms with E-state index < -0.39 is 11.7 Å². The molecule has 2 N–H and O–H groups in total. The first-order valence-corrected chi connectivity index (χ1v) is 7.79. The molecule has 118 valence electrons. The highest BCUT2D eigenvalue weighted by Crippen LogP contribution is 2.21. The molecule has 1 atom stereocenters. The Balaban J connectivity index is 2.56. The lowest BCUT2D eigenvalue weighted by Gasteiger charge is -2.22. The van der Waals surface area contributed by atoms with Gasteiger partial charge in [-0.05, 0) is 54.7 Å². The van der Waals surface area contributed by atoms with Crippen LogP contribution in [0.2, 0.25) is 5.28 Å². The number of rotatable bonds is 5. The van der Waals surface area contributed by atoms with Crippen molar-refractivity contribution in [3.8, 4) is 0 Å². The molecule has 0 aliphatic carbocycles. The number of nitrogens with zero attached hydrogens (tertiary/aromatic N) is 2. The maximum Gasteiger partial charge on any atom is 0.407 e. The summed E-state index contributed by atoms with van der Waals surface area (Å²) < 4.78 is 5.90. The Hall–Kier alpha value is -1.08. The quantitative estimate of drug-likeness (QED) is 0.764. The van der Waals surface area contributed by atoms with Gasteiger partial charge < -0.3 is 15.4 Å². The van der Waals surface area contributed by atoms with Crippen molar-refractivity contribution in [1.82, 2.24) is 15.3 Å². The zero-order valence-electron chi connectivity index (χ0n) is 12.5. The molecule has 1 heterocycles. The van der Waals surface area contributed by atoms with Crippen molar-refractivity contribution in [3.05, 3.63) is 16.0 Å². The highest BCUT2D eigenvalue weighted by Gasteiger charge is 2.17. The van der Waals surface area contributed by atoms with Gasteiger partial charge in [0, 0.05) is 18.8 Å². The SMILES string of the molecule is CCC(CNC(=O)OC(C)(C)C)Nc1nc(Cl)ncc1Br. The minimum absolute atomic E-state index is 0.000199. The van der Waals surface area contributed by atoms with E-state index >= 15 is 0 Å². The van der Waals surface area contributed by atoms with E-state index in [9.17, 15) is 4.79 Å². The van der Waals surface area contributed by atoms with Gasteiger partial charge in [0.25, 0.3) is 0 Å². The summed E-state index contributed by atoms with van der Waals surface area (Å²) in [6, 6.07) is -0.000199. The Kier molecular flexibility index (Phi) is 6.67. The summed E-state index contributed by atoms with van der Waals surface area (Å²) in [7, 11) is 0. The van der Waals surface area contributed by atoms with Crippen molar-refractivity contribution in [3.63, 3.8) is 0 Å². The summed E-state index contributed by atoms with van der Waals surface area (Å²) in [6.07, 6.45) is 1.93. The van der Waals surface area contributed by atoms with Crippen molar-refractivity contribution in [2.75, 3.05) is 11.9 Å². The number of nitrogens with one attached hydrogen (secondary N) is 2. The molecular weight excluding hydrogens is 360 g/mol. The number of hydrogen-bond acceptors (Lipinski definition) is 5. The minimum Gasteiger partial charge on any atom is -0.444 e. The fourth-order valence-electron chi connectivity index (χ4n) is 1.46. The molecule has 21 heavy (non-hydrogen) atoms. The third-order valence-electron chi connectivity index (χ3n) is 2.44. The predicted octanol–water partition coefficient (Wildman–Crippen LogP) is 3.61. The molecule has 0 aliphatic heterocycles. The lowest BCUT2D eigenvalue weighted by Crippen LogP contribution is -2.39. The van der Waals surface area contributed by atoms with E-state index in [2.05, 4.69) is 36.5 Å². The van der Waals surface area contributed by atoms with E-state index in [0.29, 0.717) is 16.8 Å². The van der Waals surface area contributed by atoms with Gasteiger partial charge in [-0.1, -0.05) is 6.92 Å². The first-order valence-electron chi connectivity index (χ1n) is 6.62. The summed E-state index contributed by atoms with van der Waals surface area (Å²) in [6.45, 7) is 7.89. The number of carbonyl (C=O) groups is 1. The minimum atomic E-state index is -0.511. The summed E-state index contributed by atoms with van der Waals surface area (Å²) in [5.41, 5.74) is -0.511. The van der Waals surface area contributed by atoms with E-state index in [1.165, 1.54) is 0 Å². The standard InChI is InChI=1S/C13H20BrClN4O2/c1-5-8(6-17-12(20)21-13(2,3)4)18-10-9(14)7-16-11(15)19-10/h7-8H,5-6H2,1-4H3,(H,17,20)(H,16,18,19). The van der Waals surface area contributed by atoms with Crippen LogP contribution in [0, 0.1) is 0 Å². The van der Waals surface area contributed by atoms with Crippen LogP contribution >= 0.6 is 27.5 Å². The number of aromatic nitrogens is 2. The zero-order chi connectivity index (χ0) is 16.0. The molecular formula is C13H20BrClN4O2. The second kappa shape index (κ2) is 7.79. The molecule has 1 aromatic rings. The second-order valence-electron chi connectivity index (χ2n) is 5.47. The Labute approximate surface area is 138 Å². The molecule has 0 radical (unpaired) electrons. The smallest absolute Gasteiger partial charge is 0.407 e. The summed E-state index contributed by atoms with van der Waals surface area (Å²) in [5.74, 6) is 0.591. The topological polar surface area (TPSA) is 76.1 Å². The number of ether oxygens (including phenoxy) is 1. The maximum atomic E-state index is 11.6. The van der Waals surface area contributed by atoms with Gasteiger partial charge in [0.15, 0.2) is 0 Å². The fourth-order valence-corrected chi connectivity index (χ4v) is 1.90. The van der Waals surface area contributed by atoms with E-state index in [4.69, 9.17) is 16.3 Å². The molecule has 6 nitrogen and oxygen atoms in total. The third-order valence-corrected chi connectivity index (χ3v) is 3.20. The predicted molar refractivity (Wildman–Crippen MR) is 86.7 cm³/mol. The molecule has 0 fully saturated rings. The van der Waals surface area contributed by atoms with Crippen LogP contribution in [-0.4, -0.2) is 34.2 Å². The number of hydrogen-bond donors (Lipinski definition) is 2. The Morgan fingerprint density at radius 2 is 2.19 bits per heavy atom. The monoisotopic (exact) mass is 378 g/mol. The van der Waals surface area contributed by atoms with Gasteiger partial charge in [0.2, 0.25) is 5.28 Å². The molecule has 1 aromatic heterocycles. The van der Waals surface area contributed by atoms with Crippen LogP contribution in [0.4, 0.5) is 10.6 Å². The average molecular weight is 380 g/mol. The van der Waals surface area contributed by atoms with Gasteiger partial charge >= 0.3 is 6.09 Å². The first kappa shape index (κ1) is 18.0. The molecule has 0 bridgehead atoms. The highest BCUT2D eigenvalue weighted by atomic mass is 79.9. The highest BCUT2D eigenvalue weighted by molar-refractivity contribution is 9.10. The lowest BCUT2D eigenvalue weighted by atomic mass is 10.2. The average Bonchev–Trinajstić information content (AvgIpc) is 2.36. The van der Waals surface area contributed by atoms with Crippen LogP contribution in [-0.2, 0) is 4.74 Å². The van der Waals surface area contributed by atoms with Crippen molar-refractivity contribution >= 4 is 39.4 Å². The number of alkyl carbamates (subject to hydrolysis) is 1. The van der Waals surface area contributed by atoms with E-state index in [0.717, 1.165) is 6.42 Å². The van der Waals surface area contributed by atoms with Gasteiger partial charge in [-0.25, -0.2) is 9.78 Å². The van der Waals surface area contributed by atoms with E-state index in [1.807, 2.05) is 27.7 Å². The Morgan fingerprint density at radius 1 is 1.52 bits per heavy atom. The lowest BCUT2D eigenvalue weighted by molar-refractivity contribution is 0.0525. The molecule has 0 saturated heterocycles. The van der Waals surface area contributed by atoms with E-state index in [1.54, 1.807) is 6.20 Å². The first-order chi connectivity index (χ1) is 9.71. The van der Waals surface area contributed by atoms with Gasteiger partial charge in [-0.2, -0.15) is 4.98 Å². The number of anilines is 1. The third kappa shape index (κ3) is 6.95. The Morgan fingerprint density at radius 3 is 2.76 bits per heavy atom. The van der Waals surface area contributed by atoms with Gasteiger partial charge in [0.1, 0.15) is 11.4 Å². The zero-order valence-corrected chi connectivity index (χ0v) is 14.9. The fraction of sp³-hybridized carbons (Fsp3) is 0.615. The van der Waals surface area contributed by atoms with Crippen LogP contribution < -0.4 is 10.6 Å². The molecule has 1 amide bonds. The number of halogens is 2.